The van der Waals surface area contributed by atoms with Crippen molar-refractivity contribution in [2.45, 2.75) is 32.9 Å². The van der Waals surface area contributed by atoms with Crippen molar-refractivity contribution in [3.05, 3.63) is 77.6 Å². The summed E-state index contributed by atoms with van der Waals surface area (Å²) in [6.45, 7) is 5.08. The Morgan fingerprint density at radius 1 is 1.00 bits per heavy atom. The molecule has 0 saturated carbocycles. The first-order chi connectivity index (χ1) is 15.7. The number of hydrogen-bond acceptors (Lipinski definition) is 4. The maximum absolute atomic E-state index is 5.39. The second kappa shape index (κ2) is 14.4. The van der Waals surface area contributed by atoms with Gasteiger partial charge < -0.3 is 20.1 Å². The van der Waals surface area contributed by atoms with Crippen LogP contribution >= 0.6 is 24.0 Å². The number of aromatic nitrogens is 2. The van der Waals surface area contributed by atoms with Gasteiger partial charge in [0, 0.05) is 25.5 Å². The highest BCUT2D eigenvalue weighted by molar-refractivity contribution is 14.0. The molecule has 0 amide bonds. The monoisotopic (exact) mass is 563 g/mol. The van der Waals surface area contributed by atoms with Gasteiger partial charge in [0.1, 0.15) is 0 Å². The number of hydrogen-bond donors (Lipinski definition) is 2. The average Bonchev–Trinajstić information content (AvgIpc) is 3.34. The number of rotatable bonds is 11. The van der Waals surface area contributed by atoms with Crippen LogP contribution in [0.3, 0.4) is 0 Å². The van der Waals surface area contributed by atoms with Gasteiger partial charge >= 0.3 is 0 Å². The second-order valence-corrected chi connectivity index (χ2v) is 7.39. The lowest BCUT2D eigenvalue weighted by molar-refractivity contribution is 0.354. The van der Waals surface area contributed by atoms with Crippen molar-refractivity contribution in [2.24, 2.45) is 4.99 Å². The van der Waals surface area contributed by atoms with Gasteiger partial charge in [-0.15, -0.1) is 24.0 Å². The summed E-state index contributed by atoms with van der Waals surface area (Å²) in [6.07, 6.45) is 5.70. The van der Waals surface area contributed by atoms with Crippen LogP contribution in [0.5, 0.6) is 11.5 Å². The minimum atomic E-state index is 0. The number of guanidine groups is 1. The van der Waals surface area contributed by atoms with Crippen LogP contribution in [0.15, 0.2) is 65.9 Å². The zero-order valence-corrected chi connectivity index (χ0v) is 21.9. The molecule has 3 rings (SSSR count). The van der Waals surface area contributed by atoms with E-state index < -0.39 is 0 Å². The van der Waals surface area contributed by atoms with Gasteiger partial charge in [0.05, 0.1) is 27.3 Å². The quantitative estimate of drug-likeness (QED) is 0.158. The molecule has 0 unspecified atom stereocenters. The summed E-state index contributed by atoms with van der Waals surface area (Å²) >= 11 is 0. The highest BCUT2D eigenvalue weighted by Gasteiger charge is 2.06. The third-order valence-corrected chi connectivity index (χ3v) is 5.14. The summed E-state index contributed by atoms with van der Waals surface area (Å²) in [4.78, 5) is 4.80. The van der Waals surface area contributed by atoms with Crippen molar-refractivity contribution < 1.29 is 9.47 Å². The number of halogens is 1. The van der Waals surface area contributed by atoms with Gasteiger partial charge in [0.25, 0.3) is 0 Å². The number of methoxy groups -OCH3 is 2. The van der Waals surface area contributed by atoms with E-state index in [0.29, 0.717) is 6.54 Å². The highest BCUT2D eigenvalue weighted by Crippen LogP contribution is 2.27. The zero-order chi connectivity index (χ0) is 22.6. The molecule has 2 aromatic carbocycles. The number of ether oxygens (including phenoxy) is 2. The number of nitrogens with one attached hydrogen (secondary N) is 2. The molecule has 0 aliphatic rings. The molecule has 2 N–H and O–H groups in total. The van der Waals surface area contributed by atoms with Crippen LogP contribution in [-0.4, -0.2) is 43.0 Å². The molecule has 0 bridgehead atoms. The second-order valence-electron chi connectivity index (χ2n) is 7.39. The summed E-state index contributed by atoms with van der Waals surface area (Å²) in [5.74, 6) is 2.35. The first-order valence-electron chi connectivity index (χ1n) is 11.0. The van der Waals surface area contributed by atoms with Crippen molar-refractivity contribution in [2.75, 3.05) is 27.3 Å². The van der Waals surface area contributed by atoms with Crippen molar-refractivity contribution in [1.29, 1.82) is 0 Å². The molecule has 1 heterocycles. The molecular weight excluding hydrogens is 529 g/mol. The first-order valence-corrected chi connectivity index (χ1v) is 11.0. The lowest BCUT2D eigenvalue weighted by Crippen LogP contribution is -2.37. The van der Waals surface area contributed by atoms with Gasteiger partial charge in [0.2, 0.25) is 0 Å². The molecule has 0 aliphatic heterocycles. The minimum Gasteiger partial charge on any atom is -0.493 e. The van der Waals surface area contributed by atoms with Gasteiger partial charge in [0.15, 0.2) is 17.5 Å². The topological polar surface area (TPSA) is 72.7 Å². The van der Waals surface area contributed by atoms with Gasteiger partial charge in [-0.05, 0) is 54.7 Å². The third kappa shape index (κ3) is 8.27. The Labute approximate surface area is 213 Å². The molecular formula is C25H34IN5O2. The van der Waals surface area contributed by atoms with Crippen molar-refractivity contribution in [1.82, 2.24) is 20.4 Å². The summed E-state index contributed by atoms with van der Waals surface area (Å²) in [6, 6.07) is 16.4. The van der Waals surface area contributed by atoms with Crippen molar-refractivity contribution in [3.8, 4) is 11.5 Å². The van der Waals surface area contributed by atoms with Crippen LogP contribution in [0.1, 0.15) is 30.0 Å². The molecule has 3 aromatic rings. The highest BCUT2D eigenvalue weighted by atomic mass is 127. The third-order valence-electron chi connectivity index (χ3n) is 5.14. The number of nitrogens with zero attached hydrogens (tertiary/aromatic N) is 3. The van der Waals surface area contributed by atoms with Crippen LogP contribution in [0.25, 0.3) is 0 Å². The van der Waals surface area contributed by atoms with Gasteiger partial charge in [-0.2, -0.15) is 5.10 Å². The van der Waals surface area contributed by atoms with Crippen LogP contribution in [0, 0.1) is 0 Å². The van der Waals surface area contributed by atoms with E-state index in [-0.39, 0.29) is 24.0 Å². The van der Waals surface area contributed by atoms with Crippen LogP contribution in [0.2, 0.25) is 0 Å². The summed E-state index contributed by atoms with van der Waals surface area (Å²) in [5, 5.41) is 11.1. The first kappa shape index (κ1) is 26.5. The maximum Gasteiger partial charge on any atom is 0.191 e. The Balaban J connectivity index is 0.00000385. The van der Waals surface area contributed by atoms with Crippen LogP contribution in [-0.2, 0) is 19.5 Å². The molecule has 178 valence electrons. The Kier molecular flexibility index (Phi) is 11.6. The van der Waals surface area contributed by atoms with E-state index >= 15 is 0 Å². The Morgan fingerprint density at radius 3 is 2.48 bits per heavy atom. The van der Waals surface area contributed by atoms with E-state index in [1.165, 1.54) is 16.7 Å². The van der Waals surface area contributed by atoms with E-state index in [0.717, 1.165) is 49.9 Å². The Bertz CT molecular complexity index is 992. The standard InChI is InChI=1S/C25H33N5O2.HI/c1-4-26-25(27-14-7-9-20-12-13-23(31-2)24(17-20)32-3)28-18-21-10-5-6-11-22(21)19-30-16-8-15-29-30;/h5-6,8,10-13,15-17H,4,7,9,14,18-19H2,1-3H3,(H2,26,27,28);1H. The van der Waals surface area contributed by atoms with Crippen molar-refractivity contribution in [3.63, 3.8) is 0 Å². The van der Waals surface area contributed by atoms with E-state index in [4.69, 9.17) is 14.5 Å². The number of aryl methyl sites for hydroxylation is 1. The van der Waals surface area contributed by atoms with E-state index in [2.05, 4.69) is 53.0 Å². The molecule has 7 nitrogen and oxygen atoms in total. The largest absolute Gasteiger partial charge is 0.493 e. The van der Waals surface area contributed by atoms with Crippen LogP contribution in [0.4, 0.5) is 0 Å². The maximum atomic E-state index is 5.39. The number of aliphatic imine (C=N–C) groups is 1. The molecule has 0 radical (unpaired) electrons. The Hall–Kier alpha value is -2.75. The summed E-state index contributed by atoms with van der Waals surface area (Å²) in [5.41, 5.74) is 3.65. The predicted octanol–water partition coefficient (Wildman–Crippen LogP) is 4.25. The molecule has 1 aromatic heterocycles. The molecule has 8 heteroatoms. The van der Waals surface area contributed by atoms with E-state index in [1.807, 2.05) is 29.1 Å². The lowest BCUT2D eigenvalue weighted by atomic mass is 10.1. The molecule has 0 aliphatic carbocycles. The molecule has 0 saturated heterocycles. The molecule has 0 atom stereocenters. The van der Waals surface area contributed by atoms with Gasteiger partial charge in [-0.3, -0.25) is 4.68 Å². The summed E-state index contributed by atoms with van der Waals surface area (Å²) in [7, 11) is 3.31. The van der Waals surface area contributed by atoms with E-state index in [9.17, 15) is 0 Å². The number of benzene rings is 2. The van der Waals surface area contributed by atoms with Gasteiger partial charge in [-0.1, -0.05) is 30.3 Å². The average molecular weight is 563 g/mol. The SMILES string of the molecule is CCNC(=NCc1ccccc1Cn1cccn1)NCCCc1ccc(OC)c(OC)c1.I. The lowest BCUT2D eigenvalue weighted by Gasteiger charge is -2.13. The summed E-state index contributed by atoms with van der Waals surface area (Å²) < 4.78 is 12.6. The normalized spacial score (nSPS) is 10.9. The molecule has 0 fully saturated rings. The predicted molar refractivity (Wildman–Crippen MR) is 144 cm³/mol. The molecule has 0 spiro atoms. The van der Waals surface area contributed by atoms with Gasteiger partial charge in [-0.25, -0.2) is 4.99 Å². The zero-order valence-electron chi connectivity index (χ0n) is 19.6. The fraction of sp³-hybridized carbons (Fsp3) is 0.360. The molecule has 33 heavy (non-hydrogen) atoms. The fourth-order valence-electron chi connectivity index (χ4n) is 3.48. The fourth-order valence-corrected chi connectivity index (χ4v) is 3.48. The van der Waals surface area contributed by atoms with Crippen molar-refractivity contribution >= 4 is 29.9 Å². The van der Waals surface area contributed by atoms with E-state index in [1.54, 1.807) is 20.4 Å². The Morgan fingerprint density at radius 2 is 1.79 bits per heavy atom. The smallest absolute Gasteiger partial charge is 0.191 e. The van der Waals surface area contributed by atoms with Crippen LogP contribution < -0.4 is 20.1 Å². The minimum absolute atomic E-state index is 0.